The fourth-order valence-electron chi connectivity index (χ4n) is 1.58. The standard InChI is InChI=1S/C12H11BrFN3O2S/c1-17(8-2-4-16-5-3-8)20(18,19)12-7-11(15)9(13)6-10(12)14/h2-7H,15H2,1H3. The number of halogens is 2. The van der Waals surface area contributed by atoms with Crippen LogP contribution in [0.3, 0.4) is 0 Å². The van der Waals surface area contributed by atoms with Gasteiger partial charge in [0.15, 0.2) is 0 Å². The van der Waals surface area contributed by atoms with Crippen LogP contribution in [-0.2, 0) is 10.0 Å². The molecule has 1 aromatic heterocycles. The zero-order chi connectivity index (χ0) is 14.9. The van der Waals surface area contributed by atoms with E-state index in [2.05, 4.69) is 20.9 Å². The molecule has 0 aliphatic rings. The molecule has 0 fully saturated rings. The fourth-order valence-corrected chi connectivity index (χ4v) is 3.17. The Bertz CT molecular complexity index is 738. The van der Waals surface area contributed by atoms with Crippen molar-refractivity contribution in [2.24, 2.45) is 0 Å². The van der Waals surface area contributed by atoms with E-state index in [9.17, 15) is 12.8 Å². The van der Waals surface area contributed by atoms with Gasteiger partial charge in [0.1, 0.15) is 10.7 Å². The van der Waals surface area contributed by atoms with Crippen molar-refractivity contribution in [1.82, 2.24) is 4.98 Å². The van der Waals surface area contributed by atoms with E-state index in [4.69, 9.17) is 5.73 Å². The van der Waals surface area contributed by atoms with Crippen molar-refractivity contribution < 1.29 is 12.8 Å². The molecule has 0 aliphatic heterocycles. The molecule has 20 heavy (non-hydrogen) atoms. The van der Waals surface area contributed by atoms with E-state index >= 15 is 0 Å². The van der Waals surface area contributed by atoms with Gasteiger partial charge in [-0.05, 0) is 40.2 Å². The van der Waals surface area contributed by atoms with Crippen molar-refractivity contribution in [2.75, 3.05) is 17.1 Å². The highest BCUT2D eigenvalue weighted by Crippen LogP contribution is 2.29. The van der Waals surface area contributed by atoms with Gasteiger partial charge in [0.05, 0.1) is 5.69 Å². The van der Waals surface area contributed by atoms with Crippen LogP contribution in [0, 0.1) is 5.82 Å². The van der Waals surface area contributed by atoms with E-state index in [-0.39, 0.29) is 5.69 Å². The number of benzene rings is 1. The van der Waals surface area contributed by atoms with Crippen LogP contribution < -0.4 is 10.0 Å². The quantitative estimate of drug-likeness (QED) is 0.853. The summed E-state index contributed by atoms with van der Waals surface area (Å²) in [5.41, 5.74) is 6.14. The summed E-state index contributed by atoms with van der Waals surface area (Å²) < 4.78 is 40.0. The maximum atomic E-state index is 13.9. The van der Waals surface area contributed by atoms with Gasteiger partial charge in [-0.1, -0.05) is 0 Å². The van der Waals surface area contributed by atoms with Gasteiger partial charge in [0.25, 0.3) is 10.0 Å². The van der Waals surface area contributed by atoms with Gasteiger partial charge in [0, 0.05) is 29.6 Å². The second-order valence-electron chi connectivity index (χ2n) is 3.98. The minimum absolute atomic E-state index is 0.146. The molecule has 2 N–H and O–H groups in total. The molecule has 1 heterocycles. The van der Waals surface area contributed by atoms with Gasteiger partial charge in [-0.2, -0.15) is 0 Å². The lowest BCUT2D eigenvalue weighted by molar-refractivity contribution is 0.565. The molecule has 2 aromatic rings. The number of pyridine rings is 1. The van der Waals surface area contributed by atoms with E-state index in [0.29, 0.717) is 10.2 Å². The highest BCUT2D eigenvalue weighted by atomic mass is 79.9. The summed E-state index contributed by atoms with van der Waals surface area (Å²) in [7, 11) is -2.70. The molecular weight excluding hydrogens is 349 g/mol. The molecule has 106 valence electrons. The molecule has 0 radical (unpaired) electrons. The SMILES string of the molecule is CN(c1ccncc1)S(=O)(=O)c1cc(N)c(Br)cc1F. The number of nitrogen functional groups attached to an aromatic ring is 1. The molecule has 0 bridgehead atoms. The van der Waals surface area contributed by atoms with Crippen molar-refractivity contribution in [3.05, 3.63) is 46.9 Å². The van der Waals surface area contributed by atoms with Crippen LogP contribution in [0.25, 0.3) is 0 Å². The molecular formula is C12H11BrFN3O2S. The van der Waals surface area contributed by atoms with Gasteiger partial charge in [-0.3, -0.25) is 9.29 Å². The van der Waals surface area contributed by atoms with Crippen molar-refractivity contribution in [3.63, 3.8) is 0 Å². The summed E-state index contributed by atoms with van der Waals surface area (Å²) in [6, 6.07) is 5.14. The zero-order valence-electron chi connectivity index (χ0n) is 10.4. The summed E-state index contributed by atoms with van der Waals surface area (Å²) in [5.74, 6) is -0.869. The van der Waals surface area contributed by atoms with Crippen molar-refractivity contribution in [3.8, 4) is 0 Å². The lowest BCUT2D eigenvalue weighted by Crippen LogP contribution is -2.27. The maximum Gasteiger partial charge on any atom is 0.267 e. The average Bonchev–Trinajstić information content (AvgIpc) is 2.42. The minimum atomic E-state index is -4.03. The van der Waals surface area contributed by atoms with Gasteiger partial charge in [0.2, 0.25) is 0 Å². The molecule has 5 nitrogen and oxygen atoms in total. The lowest BCUT2D eigenvalue weighted by Gasteiger charge is -2.20. The number of nitrogens with two attached hydrogens (primary N) is 1. The second-order valence-corrected chi connectivity index (χ2v) is 6.77. The van der Waals surface area contributed by atoms with Gasteiger partial charge in [-0.15, -0.1) is 0 Å². The first-order chi connectivity index (χ1) is 9.34. The van der Waals surface area contributed by atoms with Crippen LogP contribution in [0.15, 0.2) is 46.0 Å². The lowest BCUT2D eigenvalue weighted by atomic mass is 10.3. The Morgan fingerprint density at radius 3 is 2.50 bits per heavy atom. The number of sulfonamides is 1. The van der Waals surface area contributed by atoms with Crippen molar-refractivity contribution >= 4 is 37.3 Å². The maximum absolute atomic E-state index is 13.9. The average molecular weight is 360 g/mol. The Balaban J connectivity index is 2.54. The van der Waals surface area contributed by atoms with Crippen molar-refractivity contribution in [1.29, 1.82) is 0 Å². The third-order valence-corrected chi connectivity index (χ3v) is 5.20. The number of hydrogen-bond donors (Lipinski definition) is 1. The van der Waals surface area contributed by atoms with Crippen molar-refractivity contribution in [2.45, 2.75) is 4.90 Å². The van der Waals surface area contributed by atoms with Gasteiger partial charge >= 0.3 is 0 Å². The monoisotopic (exact) mass is 359 g/mol. The van der Waals surface area contributed by atoms with Crippen LogP contribution in [0.5, 0.6) is 0 Å². The second kappa shape index (κ2) is 5.37. The molecule has 0 spiro atoms. The van der Waals surface area contributed by atoms with E-state index in [1.165, 1.54) is 31.6 Å². The van der Waals surface area contributed by atoms with Crippen LogP contribution >= 0.6 is 15.9 Å². The molecule has 1 aromatic carbocycles. The van der Waals surface area contributed by atoms with Crippen LogP contribution in [-0.4, -0.2) is 20.4 Å². The first kappa shape index (κ1) is 14.7. The van der Waals surface area contributed by atoms with E-state index in [0.717, 1.165) is 16.4 Å². The normalized spacial score (nSPS) is 11.3. The van der Waals surface area contributed by atoms with E-state index < -0.39 is 20.7 Å². The summed E-state index contributed by atoms with van der Waals surface area (Å²) in [4.78, 5) is 3.33. The third-order valence-electron chi connectivity index (χ3n) is 2.72. The Hall–Kier alpha value is -1.67. The molecule has 0 unspecified atom stereocenters. The first-order valence-corrected chi connectivity index (χ1v) is 7.71. The Morgan fingerprint density at radius 1 is 1.30 bits per heavy atom. The molecule has 0 aliphatic carbocycles. The summed E-state index contributed by atoms with van der Waals surface area (Å²) >= 11 is 3.05. The summed E-state index contributed by atoms with van der Waals surface area (Å²) in [5, 5.41) is 0. The molecule has 0 amide bonds. The van der Waals surface area contributed by atoms with Gasteiger partial charge in [-0.25, -0.2) is 12.8 Å². The smallest absolute Gasteiger partial charge is 0.267 e. The molecule has 2 rings (SSSR count). The topological polar surface area (TPSA) is 76.3 Å². The number of anilines is 2. The fraction of sp³-hybridized carbons (Fsp3) is 0.0833. The molecule has 0 saturated carbocycles. The van der Waals surface area contributed by atoms with E-state index in [1.807, 2.05) is 0 Å². The minimum Gasteiger partial charge on any atom is -0.398 e. The number of hydrogen-bond acceptors (Lipinski definition) is 4. The third kappa shape index (κ3) is 2.61. The van der Waals surface area contributed by atoms with Crippen LogP contribution in [0.2, 0.25) is 0 Å². The predicted molar refractivity (Wildman–Crippen MR) is 78.3 cm³/mol. The molecule has 0 atom stereocenters. The molecule has 8 heteroatoms. The van der Waals surface area contributed by atoms with E-state index in [1.54, 1.807) is 0 Å². The zero-order valence-corrected chi connectivity index (χ0v) is 12.8. The predicted octanol–water partition coefficient (Wildman–Crippen LogP) is 2.39. The Kier molecular flexibility index (Phi) is 3.96. The summed E-state index contributed by atoms with van der Waals surface area (Å²) in [6.45, 7) is 0. The highest BCUT2D eigenvalue weighted by Gasteiger charge is 2.26. The summed E-state index contributed by atoms with van der Waals surface area (Å²) in [6.07, 6.45) is 2.90. The van der Waals surface area contributed by atoms with Gasteiger partial charge < -0.3 is 5.73 Å². The van der Waals surface area contributed by atoms with Crippen LogP contribution in [0.1, 0.15) is 0 Å². The Labute approximate surface area is 124 Å². The number of aromatic nitrogens is 1. The molecule has 0 saturated heterocycles. The number of rotatable bonds is 3. The van der Waals surface area contributed by atoms with Crippen LogP contribution in [0.4, 0.5) is 15.8 Å². The first-order valence-electron chi connectivity index (χ1n) is 5.47. The number of nitrogens with zero attached hydrogens (tertiary/aromatic N) is 2. The largest absolute Gasteiger partial charge is 0.398 e. The highest BCUT2D eigenvalue weighted by molar-refractivity contribution is 9.10. The Morgan fingerprint density at radius 2 is 1.90 bits per heavy atom.